The standard InChI is InChI=1S/C25H22O6/c1-28-20-6-4-5-18(15-20)25(27)31-19-10-7-17(8-11-19)9-14-23(26)22-13-12-21(29-2)16-24(22)30-3/h4-16H,1-3H3/b14-9+. The summed E-state index contributed by atoms with van der Waals surface area (Å²) < 4.78 is 20.9. The summed E-state index contributed by atoms with van der Waals surface area (Å²) in [5.41, 5.74) is 1.60. The van der Waals surface area contributed by atoms with Gasteiger partial charge in [-0.15, -0.1) is 0 Å². The van der Waals surface area contributed by atoms with E-state index >= 15 is 0 Å². The summed E-state index contributed by atoms with van der Waals surface area (Å²) in [7, 11) is 4.58. The van der Waals surface area contributed by atoms with Gasteiger partial charge < -0.3 is 18.9 Å². The molecule has 0 amide bonds. The first kappa shape index (κ1) is 21.6. The number of ketones is 1. The topological polar surface area (TPSA) is 71.1 Å². The fourth-order valence-corrected chi connectivity index (χ4v) is 2.83. The average molecular weight is 418 g/mol. The maximum atomic E-state index is 12.5. The summed E-state index contributed by atoms with van der Waals surface area (Å²) in [6.07, 6.45) is 3.14. The summed E-state index contributed by atoms with van der Waals surface area (Å²) in [5.74, 6) is 1.34. The molecule has 0 aromatic heterocycles. The molecule has 6 heteroatoms. The van der Waals surface area contributed by atoms with Gasteiger partial charge in [-0.3, -0.25) is 4.79 Å². The first-order valence-electron chi connectivity index (χ1n) is 9.45. The highest BCUT2D eigenvalue weighted by atomic mass is 16.5. The highest BCUT2D eigenvalue weighted by Gasteiger charge is 2.11. The molecular formula is C25H22O6. The maximum Gasteiger partial charge on any atom is 0.343 e. The van der Waals surface area contributed by atoms with E-state index in [1.807, 2.05) is 0 Å². The Hall–Kier alpha value is -4.06. The van der Waals surface area contributed by atoms with E-state index in [-0.39, 0.29) is 5.78 Å². The molecule has 158 valence electrons. The van der Waals surface area contributed by atoms with Gasteiger partial charge in [-0.05, 0) is 54.1 Å². The number of allylic oxidation sites excluding steroid dienone is 1. The number of carbonyl (C=O) groups excluding carboxylic acids is 2. The smallest absolute Gasteiger partial charge is 0.343 e. The predicted molar refractivity (Wildman–Crippen MR) is 117 cm³/mol. The third kappa shape index (κ3) is 5.51. The Bertz CT molecular complexity index is 1100. The number of ether oxygens (including phenoxy) is 4. The lowest BCUT2D eigenvalue weighted by atomic mass is 10.1. The van der Waals surface area contributed by atoms with Crippen LogP contribution in [0.15, 0.2) is 72.8 Å². The Morgan fingerprint density at radius 3 is 2.10 bits per heavy atom. The summed E-state index contributed by atoms with van der Waals surface area (Å²) in [4.78, 5) is 24.8. The average Bonchev–Trinajstić information content (AvgIpc) is 2.82. The molecule has 0 radical (unpaired) electrons. The molecule has 0 atom stereocenters. The van der Waals surface area contributed by atoms with Crippen molar-refractivity contribution in [3.8, 4) is 23.0 Å². The maximum absolute atomic E-state index is 12.5. The van der Waals surface area contributed by atoms with Crippen LogP contribution >= 0.6 is 0 Å². The van der Waals surface area contributed by atoms with Gasteiger partial charge in [0.15, 0.2) is 5.78 Å². The molecule has 31 heavy (non-hydrogen) atoms. The van der Waals surface area contributed by atoms with E-state index in [0.29, 0.717) is 34.1 Å². The van der Waals surface area contributed by atoms with Crippen molar-refractivity contribution in [2.45, 2.75) is 0 Å². The largest absolute Gasteiger partial charge is 0.497 e. The van der Waals surface area contributed by atoms with Gasteiger partial charge in [-0.1, -0.05) is 24.3 Å². The zero-order chi connectivity index (χ0) is 22.2. The van der Waals surface area contributed by atoms with E-state index in [2.05, 4.69) is 0 Å². The molecule has 0 N–H and O–H groups in total. The van der Waals surface area contributed by atoms with Crippen molar-refractivity contribution in [3.05, 3.63) is 89.5 Å². The zero-order valence-corrected chi connectivity index (χ0v) is 17.5. The van der Waals surface area contributed by atoms with E-state index in [1.165, 1.54) is 20.3 Å². The Kier molecular flexibility index (Phi) is 7.06. The van der Waals surface area contributed by atoms with Gasteiger partial charge in [0.25, 0.3) is 0 Å². The minimum absolute atomic E-state index is 0.201. The summed E-state index contributed by atoms with van der Waals surface area (Å²) in [5, 5.41) is 0. The molecule has 0 spiro atoms. The van der Waals surface area contributed by atoms with Crippen LogP contribution in [-0.2, 0) is 0 Å². The molecule has 0 saturated heterocycles. The van der Waals surface area contributed by atoms with Crippen LogP contribution in [0.5, 0.6) is 23.0 Å². The van der Waals surface area contributed by atoms with Gasteiger partial charge in [0, 0.05) is 6.07 Å². The van der Waals surface area contributed by atoms with Crippen molar-refractivity contribution in [1.82, 2.24) is 0 Å². The Balaban J connectivity index is 1.67. The molecule has 3 rings (SSSR count). The number of rotatable bonds is 8. The van der Waals surface area contributed by atoms with Gasteiger partial charge in [0.05, 0.1) is 32.5 Å². The molecular weight excluding hydrogens is 396 g/mol. The van der Waals surface area contributed by atoms with Crippen molar-refractivity contribution < 1.29 is 28.5 Å². The summed E-state index contributed by atoms with van der Waals surface area (Å²) in [6.45, 7) is 0. The zero-order valence-electron chi connectivity index (χ0n) is 17.5. The Labute approximate surface area is 180 Å². The third-order valence-electron chi connectivity index (χ3n) is 4.50. The van der Waals surface area contributed by atoms with Crippen molar-refractivity contribution in [1.29, 1.82) is 0 Å². The Morgan fingerprint density at radius 2 is 1.42 bits per heavy atom. The van der Waals surface area contributed by atoms with Crippen molar-refractivity contribution in [2.75, 3.05) is 21.3 Å². The van der Waals surface area contributed by atoms with Crippen LogP contribution < -0.4 is 18.9 Å². The van der Waals surface area contributed by atoms with Crippen LogP contribution in [0.1, 0.15) is 26.3 Å². The van der Waals surface area contributed by atoms with Crippen molar-refractivity contribution in [3.63, 3.8) is 0 Å². The van der Waals surface area contributed by atoms with Gasteiger partial charge in [-0.25, -0.2) is 4.79 Å². The second-order valence-corrected chi connectivity index (χ2v) is 6.45. The van der Waals surface area contributed by atoms with Crippen LogP contribution in [0, 0.1) is 0 Å². The highest BCUT2D eigenvalue weighted by Crippen LogP contribution is 2.25. The molecule has 0 saturated carbocycles. The molecule has 0 aliphatic rings. The van der Waals surface area contributed by atoms with Gasteiger partial charge >= 0.3 is 5.97 Å². The van der Waals surface area contributed by atoms with Crippen LogP contribution in [-0.4, -0.2) is 33.1 Å². The van der Waals surface area contributed by atoms with Gasteiger partial charge in [-0.2, -0.15) is 0 Å². The lowest BCUT2D eigenvalue weighted by Gasteiger charge is -2.08. The molecule has 0 heterocycles. The minimum Gasteiger partial charge on any atom is -0.497 e. The number of esters is 1. The molecule has 3 aromatic carbocycles. The van der Waals surface area contributed by atoms with Crippen molar-refractivity contribution >= 4 is 17.8 Å². The fraction of sp³-hybridized carbons (Fsp3) is 0.120. The number of methoxy groups -OCH3 is 3. The molecule has 3 aromatic rings. The molecule has 0 fully saturated rings. The molecule has 0 bridgehead atoms. The Morgan fingerprint density at radius 1 is 0.742 bits per heavy atom. The summed E-state index contributed by atoms with van der Waals surface area (Å²) in [6, 6.07) is 18.6. The van der Waals surface area contributed by atoms with E-state index in [4.69, 9.17) is 18.9 Å². The molecule has 0 aliphatic carbocycles. The second kappa shape index (κ2) is 10.1. The van der Waals surface area contributed by atoms with E-state index in [1.54, 1.807) is 79.9 Å². The molecule has 0 aliphatic heterocycles. The number of benzene rings is 3. The fourth-order valence-electron chi connectivity index (χ4n) is 2.83. The van der Waals surface area contributed by atoms with Crippen LogP contribution in [0.2, 0.25) is 0 Å². The normalized spacial score (nSPS) is 10.5. The SMILES string of the molecule is COc1cccc(C(=O)Oc2ccc(/C=C/C(=O)c3ccc(OC)cc3OC)cc2)c1. The predicted octanol–water partition coefficient (Wildman–Crippen LogP) is 4.83. The summed E-state index contributed by atoms with van der Waals surface area (Å²) >= 11 is 0. The van der Waals surface area contributed by atoms with Crippen molar-refractivity contribution in [2.24, 2.45) is 0 Å². The lowest BCUT2D eigenvalue weighted by Crippen LogP contribution is -2.08. The minimum atomic E-state index is -0.482. The number of hydrogen-bond acceptors (Lipinski definition) is 6. The van der Waals surface area contributed by atoms with Crippen LogP contribution in [0.25, 0.3) is 6.08 Å². The van der Waals surface area contributed by atoms with Gasteiger partial charge in [0.2, 0.25) is 0 Å². The first-order chi connectivity index (χ1) is 15.0. The quantitative estimate of drug-likeness (QED) is 0.226. The monoisotopic (exact) mass is 418 g/mol. The number of hydrogen-bond donors (Lipinski definition) is 0. The first-order valence-corrected chi connectivity index (χ1v) is 9.45. The lowest BCUT2D eigenvalue weighted by molar-refractivity contribution is 0.0734. The van der Waals surface area contributed by atoms with E-state index in [0.717, 1.165) is 5.56 Å². The van der Waals surface area contributed by atoms with Crippen LogP contribution in [0.4, 0.5) is 0 Å². The second-order valence-electron chi connectivity index (χ2n) is 6.45. The molecule has 0 unspecified atom stereocenters. The number of carbonyl (C=O) groups is 2. The van der Waals surface area contributed by atoms with E-state index < -0.39 is 5.97 Å². The highest BCUT2D eigenvalue weighted by molar-refractivity contribution is 6.08. The van der Waals surface area contributed by atoms with E-state index in [9.17, 15) is 9.59 Å². The van der Waals surface area contributed by atoms with Gasteiger partial charge in [0.1, 0.15) is 23.0 Å². The third-order valence-corrected chi connectivity index (χ3v) is 4.50. The van der Waals surface area contributed by atoms with Crippen LogP contribution in [0.3, 0.4) is 0 Å². The molecule has 6 nitrogen and oxygen atoms in total.